The van der Waals surface area contributed by atoms with Crippen LogP contribution in [0.15, 0.2) is 60.8 Å². The zero-order valence-electron chi connectivity index (χ0n) is 12.1. The van der Waals surface area contributed by atoms with Crippen molar-refractivity contribution >= 4 is 28.3 Å². The molecular formula is C17H13N5O. The van der Waals surface area contributed by atoms with Gasteiger partial charge in [0, 0.05) is 11.6 Å². The summed E-state index contributed by atoms with van der Waals surface area (Å²) in [5.74, 6) is 0.265. The minimum absolute atomic E-state index is 0.265. The van der Waals surface area contributed by atoms with Crippen molar-refractivity contribution < 1.29 is 4.79 Å². The summed E-state index contributed by atoms with van der Waals surface area (Å²) >= 11 is 0. The quantitative estimate of drug-likeness (QED) is 0.727. The number of amides is 2. The van der Waals surface area contributed by atoms with E-state index >= 15 is 0 Å². The first-order valence-electron chi connectivity index (χ1n) is 6.90. The maximum atomic E-state index is 11.9. The van der Waals surface area contributed by atoms with E-state index in [1.54, 1.807) is 18.2 Å². The Labute approximate surface area is 132 Å². The van der Waals surface area contributed by atoms with Gasteiger partial charge in [-0.2, -0.15) is 5.26 Å². The van der Waals surface area contributed by atoms with Gasteiger partial charge in [-0.05, 0) is 23.6 Å². The molecule has 6 heteroatoms. The van der Waals surface area contributed by atoms with Gasteiger partial charge in [0.25, 0.3) is 0 Å². The lowest BCUT2D eigenvalue weighted by atomic mass is 10.1. The van der Waals surface area contributed by atoms with Gasteiger partial charge in [-0.3, -0.25) is 5.43 Å². The van der Waals surface area contributed by atoms with Gasteiger partial charge in [-0.15, -0.1) is 0 Å². The minimum atomic E-state index is -0.698. The van der Waals surface area contributed by atoms with Gasteiger partial charge in [-0.1, -0.05) is 36.4 Å². The van der Waals surface area contributed by atoms with E-state index in [0.29, 0.717) is 11.3 Å². The zero-order chi connectivity index (χ0) is 16.2. The second-order valence-electron chi connectivity index (χ2n) is 4.80. The van der Waals surface area contributed by atoms with Crippen LogP contribution in [0.3, 0.4) is 0 Å². The van der Waals surface area contributed by atoms with E-state index in [-0.39, 0.29) is 5.82 Å². The van der Waals surface area contributed by atoms with E-state index in [1.165, 1.54) is 11.2 Å². The van der Waals surface area contributed by atoms with Crippen LogP contribution in [-0.4, -0.2) is 11.0 Å². The number of hydrogen-bond donors (Lipinski definition) is 2. The van der Waals surface area contributed by atoms with Crippen LogP contribution in [0.25, 0.3) is 10.8 Å². The monoisotopic (exact) mass is 303 g/mol. The van der Waals surface area contributed by atoms with Crippen molar-refractivity contribution in [3.8, 4) is 6.07 Å². The smallest absolute Gasteiger partial charge is 0.338 e. The van der Waals surface area contributed by atoms with Gasteiger partial charge in [0.05, 0.1) is 11.3 Å². The highest BCUT2D eigenvalue weighted by molar-refractivity contribution is 6.03. The average Bonchev–Trinajstić information content (AvgIpc) is 2.59. The Hall–Kier alpha value is -3.59. The number of urea groups is 1. The number of carbonyl (C=O) groups excluding carboxylic acids is 1. The van der Waals surface area contributed by atoms with Gasteiger partial charge in [0.15, 0.2) is 5.82 Å². The summed E-state index contributed by atoms with van der Waals surface area (Å²) in [4.78, 5) is 16.0. The Morgan fingerprint density at radius 3 is 2.70 bits per heavy atom. The van der Waals surface area contributed by atoms with E-state index < -0.39 is 6.03 Å². The number of nitrogens with zero attached hydrogens (tertiary/aromatic N) is 3. The van der Waals surface area contributed by atoms with Crippen molar-refractivity contribution in [3.63, 3.8) is 0 Å². The molecule has 0 spiro atoms. The van der Waals surface area contributed by atoms with Crippen molar-refractivity contribution in [3.05, 3.63) is 66.4 Å². The summed E-state index contributed by atoms with van der Waals surface area (Å²) in [6, 6.07) is 17.8. The van der Waals surface area contributed by atoms with Crippen LogP contribution in [0, 0.1) is 11.3 Å². The van der Waals surface area contributed by atoms with E-state index in [2.05, 4.69) is 10.4 Å². The maximum absolute atomic E-state index is 11.9. The van der Waals surface area contributed by atoms with E-state index in [0.717, 1.165) is 10.8 Å². The van der Waals surface area contributed by atoms with Crippen LogP contribution in [0.2, 0.25) is 0 Å². The number of hydrogen-bond acceptors (Lipinski definition) is 4. The number of anilines is 2. The molecule has 3 N–H and O–H groups in total. The minimum Gasteiger partial charge on any atom is -0.350 e. The lowest BCUT2D eigenvalue weighted by Gasteiger charge is -2.23. The van der Waals surface area contributed by atoms with Crippen LogP contribution < -0.4 is 16.2 Å². The molecule has 2 amide bonds. The van der Waals surface area contributed by atoms with Crippen LogP contribution in [0.4, 0.5) is 16.3 Å². The van der Waals surface area contributed by atoms with Crippen molar-refractivity contribution in [1.29, 1.82) is 5.26 Å². The molecule has 3 aromatic rings. The molecule has 1 heterocycles. The maximum Gasteiger partial charge on any atom is 0.338 e. The largest absolute Gasteiger partial charge is 0.350 e. The van der Waals surface area contributed by atoms with E-state index in [4.69, 9.17) is 11.0 Å². The van der Waals surface area contributed by atoms with E-state index in [9.17, 15) is 4.79 Å². The van der Waals surface area contributed by atoms with Crippen LogP contribution in [-0.2, 0) is 0 Å². The molecule has 3 rings (SSSR count). The Morgan fingerprint density at radius 2 is 1.91 bits per heavy atom. The molecule has 0 bridgehead atoms. The third kappa shape index (κ3) is 2.76. The molecule has 0 unspecified atom stereocenters. The fraction of sp³-hybridized carbons (Fsp3) is 0. The fourth-order valence-corrected chi connectivity index (χ4v) is 2.33. The highest BCUT2D eigenvalue weighted by atomic mass is 16.2. The molecule has 0 atom stereocenters. The lowest BCUT2D eigenvalue weighted by Crippen LogP contribution is -2.41. The fourth-order valence-electron chi connectivity index (χ4n) is 2.33. The van der Waals surface area contributed by atoms with Gasteiger partial charge in [0.1, 0.15) is 6.07 Å². The number of rotatable bonds is 3. The lowest BCUT2D eigenvalue weighted by molar-refractivity contribution is 0.255. The Kier molecular flexibility index (Phi) is 3.77. The predicted molar refractivity (Wildman–Crippen MR) is 88.6 cm³/mol. The van der Waals surface area contributed by atoms with Crippen molar-refractivity contribution in [2.45, 2.75) is 0 Å². The molecule has 23 heavy (non-hydrogen) atoms. The molecule has 0 saturated carbocycles. The summed E-state index contributed by atoms with van der Waals surface area (Å²) in [5.41, 5.74) is 9.25. The molecule has 1 aromatic heterocycles. The number of pyridine rings is 1. The summed E-state index contributed by atoms with van der Waals surface area (Å²) < 4.78 is 0. The second-order valence-corrected chi connectivity index (χ2v) is 4.80. The van der Waals surface area contributed by atoms with Crippen LogP contribution >= 0.6 is 0 Å². The SMILES string of the molecule is N#Cc1cccnc1NN(C(N)=O)c1cccc2ccccc12. The molecule has 6 nitrogen and oxygen atoms in total. The summed E-state index contributed by atoms with van der Waals surface area (Å²) in [5, 5.41) is 12.2. The van der Waals surface area contributed by atoms with E-state index in [1.807, 2.05) is 42.5 Å². The molecule has 0 saturated heterocycles. The standard InChI is InChI=1S/C17H13N5O/c18-11-13-7-4-10-20-16(13)21-22(17(19)23)15-9-3-6-12-5-1-2-8-14(12)15/h1-10H,(H2,19,23)(H,20,21). The number of aromatic nitrogens is 1. The molecular weight excluding hydrogens is 290 g/mol. The number of nitriles is 1. The highest BCUT2D eigenvalue weighted by Crippen LogP contribution is 2.27. The number of benzene rings is 2. The number of carbonyl (C=O) groups is 1. The first-order valence-corrected chi connectivity index (χ1v) is 6.90. The van der Waals surface area contributed by atoms with Crippen molar-refractivity contribution in [2.24, 2.45) is 5.73 Å². The Morgan fingerprint density at radius 1 is 1.13 bits per heavy atom. The number of hydrazine groups is 1. The first kappa shape index (κ1) is 14.4. The number of nitrogens with one attached hydrogen (secondary N) is 1. The predicted octanol–water partition coefficient (Wildman–Crippen LogP) is 3.02. The third-order valence-corrected chi connectivity index (χ3v) is 3.37. The Bertz CT molecular complexity index is 911. The van der Waals surface area contributed by atoms with Crippen molar-refractivity contribution in [2.75, 3.05) is 10.4 Å². The van der Waals surface area contributed by atoms with Crippen LogP contribution in [0.5, 0.6) is 0 Å². The van der Waals surface area contributed by atoms with Gasteiger partial charge >= 0.3 is 6.03 Å². The van der Waals surface area contributed by atoms with Crippen molar-refractivity contribution in [1.82, 2.24) is 4.98 Å². The topological polar surface area (TPSA) is 95.0 Å². The number of fused-ring (bicyclic) bond motifs is 1. The molecule has 2 aromatic carbocycles. The van der Waals surface area contributed by atoms with Gasteiger partial charge in [0.2, 0.25) is 0 Å². The Balaban J connectivity index is 2.09. The molecule has 0 fully saturated rings. The molecule has 0 radical (unpaired) electrons. The summed E-state index contributed by atoms with van der Waals surface area (Å²) in [6.07, 6.45) is 1.53. The number of nitrogens with two attached hydrogens (primary N) is 1. The number of primary amides is 1. The third-order valence-electron chi connectivity index (χ3n) is 3.37. The average molecular weight is 303 g/mol. The van der Waals surface area contributed by atoms with Gasteiger partial charge < -0.3 is 5.73 Å². The zero-order valence-corrected chi connectivity index (χ0v) is 12.1. The summed E-state index contributed by atoms with van der Waals surface area (Å²) in [6.45, 7) is 0. The molecule has 0 aliphatic carbocycles. The van der Waals surface area contributed by atoms with Crippen LogP contribution in [0.1, 0.15) is 5.56 Å². The molecule has 0 aliphatic heterocycles. The van der Waals surface area contributed by atoms with Gasteiger partial charge in [-0.25, -0.2) is 14.8 Å². The molecule has 0 aliphatic rings. The first-order chi connectivity index (χ1) is 11.2. The second kappa shape index (κ2) is 6.03. The summed E-state index contributed by atoms with van der Waals surface area (Å²) in [7, 11) is 0. The molecule has 112 valence electrons. The normalized spacial score (nSPS) is 10.0. The highest BCUT2D eigenvalue weighted by Gasteiger charge is 2.17.